The fourth-order valence-electron chi connectivity index (χ4n) is 2.80. The Morgan fingerprint density at radius 1 is 1.20 bits per heavy atom. The second-order valence-corrected chi connectivity index (χ2v) is 5.79. The highest BCUT2D eigenvalue weighted by Crippen LogP contribution is 2.28. The molecule has 1 fully saturated rings. The van der Waals surface area contributed by atoms with Crippen molar-refractivity contribution in [3.8, 4) is 5.75 Å². The second-order valence-electron chi connectivity index (χ2n) is 5.79. The first-order chi connectivity index (χ1) is 9.70. The minimum absolute atomic E-state index is 0.114. The van der Waals surface area contributed by atoms with Crippen molar-refractivity contribution in [1.82, 2.24) is 0 Å². The van der Waals surface area contributed by atoms with E-state index in [1.807, 2.05) is 31.2 Å². The van der Waals surface area contributed by atoms with Gasteiger partial charge in [-0.2, -0.15) is 0 Å². The Hall–Kier alpha value is -1.06. The van der Waals surface area contributed by atoms with E-state index >= 15 is 0 Å². The fourth-order valence-corrected chi connectivity index (χ4v) is 2.80. The summed E-state index contributed by atoms with van der Waals surface area (Å²) in [6, 6.07) is 7.87. The van der Waals surface area contributed by atoms with Crippen LogP contribution in [0.3, 0.4) is 0 Å². The molecule has 0 aliphatic heterocycles. The normalized spacial score (nSPS) is 24.4. The quantitative estimate of drug-likeness (QED) is 0.862. The molecule has 1 unspecified atom stereocenters. The monoisotopic (exact) mass is 277 g/mol. The molecule has 0 amide bonds. The second kappa shape index (κ2) is 7.65. The molecule has 1 aromatic carbocycles. The van der Waals surface area contributed by atoms with Crippen molar-refractivity contribution in [2.45, 2.75) is 51.7 Å². The van der Waals surface area contributed by atoms with Gasteiger partial charge in [0.2, 0.25) is 0 Å². The molecule has 0 radical (unpaired) electrons. The van der Waals surface area contributed by atoms with Gasteiger partial charge in [0.25, 0.3) is 0 Å². The van der Waals surface area contributed by atoms with Crippen molar-refractivity contribution in [3.05, 3.63) is 29.8 Å². The van der Waals surface area contributed by atoms with Crippen LogP contribution in [0.15, 0.2) is 24.3 Å². The Morgan fingerprint density at radius 3 is 2.60 bits per heavy atom. The molecule has 1 aromatic rings. The van der Waals surface area contributed by atoms with Crippen molar-refractivity contribution in [2.75, 3.05) is 13.2 Å². The zero-order valence-electron chi connectivity index (χ0n) is 12.7. The number of benzene rings is 1. The van der Waals surface area contributed by atoms with Gasteiger partial charge in [0.15, 0.2) is 0 Å². The average molecular weight is 277 g/mol. The molecule has 1 aliphatic rings. The van der Waals surface area contributed by atoms with Crippen molar-refractivity contribution in [3.63, 3.8) is 0 Å². The SMILES string of the molecule is CCOc1ccccc1C(N)COC1CCC(C)CC1. The molecule has 0 saturated heterocycles. The van der Waals surface area contributed by atoms with Crippen LogP contribution < -0.4 is 10.5 Å². The van der Waals surface area contributed by atoms with E-state index in [1.54, 1.807) is 0 Å². The standard InChI is InChI=1S/C17H27NO2/c1-3-19-17-7-5-4-6-15(17)16(18)12-20-14-10-8-13(2)9-11-14/h4-7,13-14,16H,3,8-12,18H2,1-2H3. The van der Waals surface area contributed by atoms with Gasteiger partial charge in [-0.1, -0.05) is 25.1 Å². The molecule has 2 N–H and O–H groups in total. The molecule has 3 nitrogen and oxygen atoms in total. The molecule has 0 aromatic heterocycles. The van der Waals surface area contributed by atoms with E-state index < -0.39 is 0 Å². The summed E-state index contributed by atoms with van der Waals surface area (Å²) < 4.78 is 11.6. The Kier molecular flexibility index (Phi) is 5.86. The maximum Gasteiger partial charge on any atom is 0.124 e. The van der Waals surface area contributed by atoms with Crippen molar-refractivity contribution in [2.24, 2.45) is 11.7 Å². The van der Waals surface area contributed by atoms with Crippen LogP contribution in [-0.2, 0) is 4.74 Å². The molecule has 0 spiro atoms. The minimum Gasteiger partial charge on any atom is -0.494 e. The third-order valence-electron chi connectivity index (χ3n) is 4.09. The van der Waals surface area contributed by atoms with Crippen LogP contribution in [0.25, 0.3) is 0 Å². The number of para-hydroxylation sites is 1. The fraction of sp³-hybridized carbons (Fsp3) is 0.647. The number of ether oxygens (including phenoxy) is 2. The summed E-state index contributed by atoms with van der Waals surface area (Å²) in [5.41, 5.74) is 7.31. The maximum atomic E-state index is 6.27. The lowest BCUT2D eigenvalue weighted by Gasteiger charge is -2.27. The van der Waals surface area contributed by atoms with Crippen molar-refractivity contribution in [1.29, 1.82) is 0 Å². The Morgan fingerprint density at radius 2 is 1.90 bits per heavy atom. The molecule has 2 rings (SSSR count). The van der Waals surface area contributed by atoms with Crippen molar-refractivity contribution < 1.29 is 9.47 Å². The highest BCUT2D eigenvalue weighted by Gasteiger charge is 2.20. The van der Waals surface area contributed by atoms with Gasteiger partial charge in [-0.3, -0.25) is 0 Å². The third-order valence-corrected chi connectivity index (χ3v) is 4.09. The Bertz CT molecular complexity index is 400. The molecule has 1 aliphatic carbocycles. The van der Waals surface area contributed by atoms with E-state index in [0.717, 1.165) is 17.2 Å². The molecule has 1 atom stereocenters. The van der Waals surface area contributed by atoms with Crippen molar-refractivity contribution >= 4 is 0 Å². The number of hydrogen-bond donors (Lipinski definition) is 1. The van der Waals surface area contributed by atoms with Gasteiger partial charge in [-0.15, -0.1) is 0 Å². The molecule has 20 heavy (non-hydrogen) atoms. The van der Waals surface area contributed by atoms with Gasteiger partial charge in [0, 0.05) is 5.56 Å². The van der Waals surface area contributed by atoms with Crippen LogP contribution in [0.5, 0.6) is 5.75 Å². The van der Waals surface area contributed by atoms with Gasteiger partial charge >= 0.3 is 0 Å². The Labute approximate surface area is 122 Å². The summed E-state index contributed by atoms with van der Waals surface area (Å²) in [7, 11) is 0. The summed E-state index contributed by atoms with van der Waals surface area (Å²) in [5.74, 6) is 1.73. The molecular formula is C17H27NO2. The van der Waals surface area contributed by atoms with Gasteiger partial charge < -0.3 is 15.2 Å². The lowest BCUT2D eigenvalue weighted by atomic mass is 9.89. The zero-order valence-corrected chi connectivity index (χ0v) is 12.7. The number of rotatable bonds is 6. The van der Waals surface area contributed by atoms with E-state index in [-0.39, 0.29) is 6.04 Å². The lowest BCUT2D eigenvalue weighted by Crippen LogP contribution is -2.26. The average Bonchev–Trinajstić information content (AvgIpc) is 2.47. The molecule has 3 heteroatoms. The number of nitrogens with two attached hydrogens (primary N) is 1. The zero-order chi connectivity index (χ0) is 14.4. The Balaban J connectivity index is 1.86. The molecule has 0 heterocycles. The minimum atomic E-state index is -0.114. The predicted molar refractivity (Wildman–Crippen MR) is 81.9 cm³/mol. The van der Waals surface area contributed by atoms with E-state index in [0.29, 0.717) is 19.3 Å². The summed E-state index contributed by atoms with van der Waals surface area (Å²) in [5, 5.41) is 0. The molecule has 1 saturated carbocycles. The lowest BCUT2D eigenvalue weighted by molar-refractivity contribution is 0.0123. The first-order valence-electron chi connectivity index (χ1n) is 7.79. The smallest absolute Gasteiger partial charge is 0.124 e. The highest BCUT2D eigenvalue weighted by atomic mass is 16.5. The van der Waals surface area contributed by atoms with Crippen LogP contribution in [0, 0.1) is 5.92 Å². The van der Waals surface area contributed by atoms with E-state index in [2.05, 4.69) is 6.92 Å². The van der Waals surface area contributed by atoms with Crippen LogP contribution in [0.2, 0.25) is 0 Å². The van der Waals surface area contributed by atoms with Crippen LogP contribution in [-0.4, -0.2) is 19.3 Å². The van der Waals surface area contributed by atoms with Gasteiger partial charge in [-0.25, -0.2) is 0 Å². The van der Waals surface area contributed by atoms with Crippen LogP contribution >= 0.6 is 0 Å². The molecule has 0 bridgehead atoms. The first kappa shape index (κ1) is 15.3. The summed E-state index contributed by atoms with van der Waals surface area (Å²) in [4.78, 5) is 0. The third kappa shape index (κ3) is 4.22. The van der Waals surface area contributed by atoms with E-state index in [1.165, 1.54) is 25.7 Å². The maximum absolute atomic E-state index is 6.27. The summed E-state index contributed by atoms with van der Waals surface area (Å²) >= 11 is 0. The first-order valence-corrected chi connectivity index (χ1v) is 7.79. The molecular weight excluding hydrogens is 250 g/mol. The topological polar surface area (TPSA) is 44.5 Å². The highest BCUT2D eigenvalue weighted by molar-refractivity contribution is 5.35. The van der Waals surface area contributed by atoms with E-state index in [9.17, 15) is 0 Å². The van der Waals surface area contributed by atoms with Gasteiger partial charge in [0.05, 0.1) is 25.4 Å². The molecule has 112 valence electrons. The van der Waals surface area contributed by atoms with Crippen LogP contribution in [0.4, 0.5) is 0 Å². The summed E-state index contributed by atoms with van der Waals surface area (Å²) in [6.45, 7) is 5.54. The van der Waals surface area contributed by atoms with Crippen LogP contribution in [0.1, 0.15) is 51.1 Å². The van der Waals surface area contributed by atoms with E-state index in [4.69, 9.17) is 15.2 Å². The van der Waals surface area contributed by atoms with Gasteiger partial charge in [-0.05, 0) is 44.6 Å². The number of hydrogen-bond acceptors (Lipinski definition) is 3. The van der Waals surface area contributed by atoms with Gasteiger partial charge in [0.1, 0.15) is 5.75 Å². The summed E-state index contributed by atoms with van der Waals surface area (Å²) in [6.07, 6.45) is 5.27. The largest absolute Gasteiger partial charge is 0.494 e. The predicted octanol–water partition coefficient (Wildman–Crippen LogP) is 3.68.